The molecule has 0 spiro atoms. The molecule has 1 saturated heterocycles. The Morgan fingerprint density at radius 2 is 2.12 bits per heavy atom. The molecule has 0 amide bonds. The van der Waals surface area contributed by atoms with Gasteiger partial charge < -0.3 is 5.32 Å². The van der Waals surface area contributed by atoms with Crippen LogP contribution in [0.5, 0.6) is 0 Å². The summed E-state index contributed by atoms with van der Waals surface area (Å²) in [6.07, 6.45) is 1.88. The van der Waals surface area contributed by atoms with E-state index in [4.69, 9.17) is 0 Å². The first kappa shape index (κ1) is 12.7. The maximum Gasteiger partial charge on any atom is 0.125 e. The van der Waals surface area contributed by atoms with Crippen molar-refractivity contribution in [2.75, 3.05) is 25.5 Å². The molecule has 0 saturated carbocycles. The largest absolute Gasteiger partial charge is 0.373 e. The first-order valence-corrected chi connectivity index (χ1v) is 7.12. The lowest BCUT2D eigenvalue weighted by Gasteiger charge is -2.34. The zero-order valence-electron chi connectivity index (χ0n) is 10.8. The van der Waals surface area contributed by atoms with Crippen molar-refractivity contribution in [1.29, 1.82) is 0 Å². The number of anilines is 1. The van der Waals surface area contributed by atoms with Crippen molar-refractivity contribution >= 4 is 17.6 Å². The van der Waals surface area contributed by atoms with Gasteiger partial charge in [0, 0.05) is 43.4 Å². The molecule has 1 N–H and O–H groups in total. The van der Waals surface area contributed by atoms with E-state index in [1.807, 2.05) is 13.2 Å². The van der Waals surface area contributed by atoms with Gasteiger partial charge in [0.1, 0.15) is 5.82 Å². The van der Waals surface area contributed by atoms with E-state index in [1.165, 1.54) is 18.7 Å². The Bertz CT molecular complexity index is 359. The fraction of sp³-hybridized carbons (Fsp3) is 0.615. The summed E-state index contributed by atoms with van der Waals surface area (Å²) in [6.45, 7) is 8.04. The molecule has 0 bridgehead atoms. The van der Waals surface area contributed by atoms with Crippen molar-refractivity contribution in [2.45, 2.75) is 30.9 Å². The highest BCUT2D eigenvalue weighted by Gasteiger charge is 2.22. The van der Waals surface area contributed by atoms with Crippen molar-refractivity contribution in [1.82, 2.24) is 9.88 Å². The molecule has 2 heterocycles. The van der Waals surface area contributed by atoms with Crippen LogP contribution in [0, 0.1) is 0 Å². The third kappa shape index (κ3) is 3.61. The lowest BCUT2D eigenvalue weighted by atomic mass is 10.2. The SMILES string of the molecule is CNc1cc(CN2CC(C)SC(C)C2)ccn1. The third-order valence-corrected chi connectivity index (χ3v) is 4.21. The van der Waals surface area contributed by atoms with Crippen LogP contribution in [0.25, 0.3) is 0 Å². The number of nitrogens with one attached hydrogen (secondary N) is 1. The molecule has 3 nitrogen and oxygen atoms in total. The molecule has 94 valence electrons. The standard InChI is InChI=1S/C13H21N3S/c1-10-7-16(8-11(2)17-10)9-12-4-5-15-13(6-12)14-3/h4-6,10-11H,7-9H2,1-3H3,(H,14,15). The zero-order chi connectivity index (χ0) is 12.3. The van der Waals surface area contributed by atoms with Crippen molar-refractivity contribution in [2.24, 2.45) is 0 Å². The van der Waals surface area contributed by atoms with E-state index >= 15 is 0 Å². The van der Waals surface area contributed by atoms with Crippen LogP contribution in [0.4, 0.5) is 5.82 Å². The number of rotatable bonds is 3. The first-order valence-electron chi connectivity index (χ1n) is 6.18. The highest BCUT2D eigenvalue weighted by Crippen LogP contribution is 2.25. The van der Waals surface area contributed by atoms with Gasteiger partial charge in [0.05, 0.1) is 0 Å². The second-order valence-corrected chi connectivity index (χ2v) is 6.63. The summed E-state index contributed by atoms with van der Waals surface area (Å²) in [6, 6.07) is 4.25. The molecule has 1 aliphatic rings. The van der Waals surface area contributed by atoms with Gasteiger partial charge in [0.15, 0.2) is 0 Å². The first-order chi connectivity index (χ1) is 8.17. The fourth-order valence-corrected chi connectivity index (χ4v) is 3.77. The Kier molecular flexibility index (Phi) is 4.29. The fourth-order valence-electron chi connectivity index (χ4n) is 2.38. The molecule has 17 heavy (non-hydrogen) atoms. The number of aromatic nitrogens is 1. The molecule has 1 aromatic heterocycles. The van der Waals surface area contributed by atoms with Crippen molar-refractivity contribution in [3.63, 3.8) is 0 Å². The topological polar surface area (TPSA) is 28.2 Å². The molecule has 1 aromatic rings. The van der Waals surface area contributed by atoms with Crippen LogP contribution < -0.4 is 5.32 Å². The Morgan fingerprint density at radius 1 is 1.41 bits per heavy atom. The van der Waals surface area contributed by atoms with Crippen LogP contribution >= 0.6 is 11.8 Å². The van der Waals surface area contributed by atoms with Gasteiger partial charge in [-0.05, 0) is 17.7 Å². The van der Waals surface area contributed by atoms with Gasteiger partial charge in [-0.2, -0.15) is 11.8 Å². The molecular formula is C13H21N3S. The summed E-state index contributed by atoms with van der Waals surface area (Å²) in [4.78, 5) is 6.79. The number of hydrogen-bond donors (Lipinski definition) is 1. The highest BCUT2D eigenvalue weighted by atomic mass is 32.2. The van der Waals surface area contributed by atoms with Gasteiger partial charge in [-0.1, -0.05) is 13.8 Å². The maximum absolute atomic E-state index is 4.25. The van der Waals surface area contributed by atoms with Crippen molar-refractivity contribution < 1.29 is 0 Å². The second kappa shape index (κ2) is 5.74. The monoisotopic (exact) mass is 251 g/mol. The van der Waals surface area contributed by atoms with Crippen LogP contribution in [0.1, 0.15) is 19.4 Å². The molecule has 0 aromatic carbocycles. The van der Waals surface area contributed by atoms with Gasteiger partial charge in [0.25, 0.3) is 0 Å². The lowest BCUT2D eigenvalue weighted by Crippen LogP contribution is -2.39. The minimum absolute atomic E-state index is 0.740. The normalized spacial score (nSPS) is 25.8. The quantitative estimate of drug-likeness (QED) is 0.893. The number of hydrogen-bond acceptors (Lipinski definition) is 4. The molecule has 1 aliphatic heterocycles. The van der Waals surface area contributed by atoms with Gasteiger partial charge in [-0.3, -0.25) is 4.90 Å². The molecule has 1 fully saturated rings. The third-order valence-electron chi connectivity index (χ3n) is 2.98. The van der Waals surface area contributed by atoms with Gasteiger partial charge in [0.2, 0.25) is 0 Å². The van der Waals surface area contributed by atoms with E-state index in [2.05, 4.69) is 52.9 Å². The Morgan fingerprint density at radius 3 is 2.76 bits per heavy atom. The number of thioether (sulfide) groups is 1. The van der Waals surface area contributed by atoms with E-state index in [9.17, 15) is 0 Å². The van der Waals surface area contributed by atoms with Crippen LogP contribution in [-0.2, 0) is 6.54 Å². The van der Waals surface area contributed by atoms with E-state index in [0.29, 0.717) is 0 Å². The minimum atomic E-state index is 0.740. The summed E-state index contributed by atoms with van der Waals surface area (Å²) >= 11 is 2.10. The molecule has 0 aliphatic carbocycles. The van der Waals surface area contributed by atoms with Crippen molar-refractivity contribution in [3.05, 3.63) is 23.9 Å². The molecule has 2 atom stereocenters. The average molecular weight is 251 g/mol. The number of pyridine rings is 1. The van der Waals surface area contributed by atoms with Crippen molar-refractivity contribution in [3.8, 4) is 0 Å². The second-order valence-electron chi connectivity index (χ2n) is 4.75. The molecule has 4 heteroatoms. The predicted octanol–water partition coefficient (Wildman–Crippen LogP) is 2.45. The Balaban J connectivity index is 1.99. The minimum Gasteiger partial charge on any atom is -0.373 e. The average Bonchev–Trinajstić information content (AvgIpc) is 2.28. The predicted molar refractivity (Wildman–Crippen MR) is 75.6 cm³/mol. The lowest BCUT2D eigenvalue weighted by molar-refractivity contribution is 0.263. The zero-order valence-corrected chi connectivity index (χ0v) is 11.6. The smallest absolute Gasteiger partial charge is 0.125 e. The van der Waals surface area contributed by atoms with Gasteiger partial charge in [-0.25, -0.2) is 4.98 Å². The maximum atomic E-state index is 4.25. The molecule has 2 unspecified atom stereocenters. The molecule has 0 radical (unpaired) electrons. The Hall–Kier alpha value is -0.740. The summed E-state index contributed by atoms with van der Waals surface area (Å²) in [5, 5.41) is 4.57. The summed E-state index contributed by atoms with van der Waals surface area (Å²) in [7, 11) is 1.91. The van der Waals surface area contributed by atoms with Crippen LogP contribution in [0.3, 0.4) is 0 Å². The van der Waals surface area contributed by atoms with E-state index < -0.39 is 0 Å². The van der Waals surface area contributed by atoms with E-state index in [0.717, 1.165) is 22.9 Å². The van der Waals surface area contributed by atoms with Crippen LogP contribution in [0.15, 0.2) is 18.3 Å². The van der Waals surface area contributed by atoms with E-state index in [-0.39, 0.29) is 0 Å². The van der Waals surface area contributed by atoms with Gasteiger partial charge in [-0.15, -0.1) is 0 Å². The summed E-state index contributed by atoms with van der Waals surface area (Å²) < 4.78 is 0. The summed E-state index contributed by atoms with van der Waals surface area (Å²) in [5.41, 5.74) is 1.34. The summed E-state index contributed by atoms with van der Waals surface area (Å²) in [5.74, 6) is 0.954. The van der Waals surface area contributed by atoms with Crippen LogP contribution in [0.2, 0.25) is 0 Å². The molecular weight excluding hydrogens is 230 g/mol. The van der Waals surface area contributed by atoms with Crippen LogP contribution in [-0.4, -0.2) is 40.5 Å². The Labute approximate surface area is 108 Å². The van der Waals surface area contributed by atoms with Gasteiger partial charge >= 0.3 is 0 Å². The molecule has 2 rings (SSSR count). The highest BCUT2D eigenvalue weighted by molar-refractivity contribution is 8.00. The van der Waals surface area contributed by atoms with E-state index in [1.54, 1.807) is 0 Å². The number of nitrogens with zero attached hydrogens (tertiary/aromatic N) is 2.